The van der Waals surface area contributed by atoms with Crippen molar-refractivity contribution in [1.29, 1.82) is 0 Å². The molecule has 0 aliphatic heterocycles. The van der Waals surface area contributed by atoms with Gasteiger partial charge in [-0.05, 0) is 32.7 Å². The van der Waals surface area contributed by atoms with Crippen molar-refractivity contribution in [2.45, 2.75) is 32.7 Å². The lowest BCUT2D eigenvalue weighted by atomic mass is 10.3. The Balaban J connectivity index is 2.04. The standard InChI is InChI=1S/C10H16N2S/c1-7-9(6-11-2)13-10(12-7)5-8-3-4-8/h8,11H,3-6H2,1-2H3. The number of hydrogen-bond acceptors (Lipinski definition) is 3. The molecule has 1 aliphatic rings. The molecule has 72 valence electrons. The van der Waals surface area contributed by atoms with Gasteiger partial charge >= 0.3 is 0 Å². The topological polar surface area (TPSA) is 24.9 Å². The second-order valence-corrected chi connectivity index (χ2v) is 4.96. The first-order valence-corrected chi connectivity index (χ1v) is 5.71. The van der Waals surface area contributed by atoms with E-state index in [-0.39, 0.29) is 0 Å². The van der Waals surface area contributed by atoms with E-state index in [1.165, 1.54) is 34.8 Å². The van der Waals surface area contributed by atoms with Crippen LogP contribution in [0.1, 0.15) is 28.4 Å². The van der Waals surface area contributed by atoms with Gasteiger partial charge in [-0.3, -0.25) is 0 Å². The zero-order chi connectivity index (χ0) is 9.26. The summed E-state index contributed by atoms with van der Waals surface area (Å²) in [6.07, 6.45) is 4.05. The van der Waals surface area contributed by atoms with E-state index in [1.807, 2.05) is 18.4 Å². The van der Waals surface area contributed by atoms with Crippen molar-refractivity contribution in [3.05, 3.63) is 15.6 Å². The number of hydrogen-bond donors (Lipinski definition) is 1. The van der Waals surface area contributed by atoms with E-state index in [0.717, 1.165) is 12.5 Å². The summed E-state index contributed by atoms with van der Waals surface area (Å²) >= 11 is 1.88. The lowest BCUT2D eigenvalue weighted by Crippen LogP contribution is -2.04. The Morgan fingerprint density at radius 2 is 2.31 bits per heavy atom. The van der Waals surface area contributed by atoms with Crippen LogP contribution in [-0.2, 0) is 13.0 Å². The summed E-state index contributed by atoms with van der Waals surface area (Å²) in [4.78, 5) is 5.99. The number of nitrogens with one attached hydrogen (secondary N) is 1. The third-order valence-corrected chi connectivity index (χ3v) is 3.61. The Hall–Kier alpha value is -0.410. The monoisotopic (exact) mass is 196 g/mol. The number of rotatable bonds is 4. The molecule has 1 aromatic heterocycles. The molecule has 1 saturated carbocycles. The minimum Gasteiger partial charge on any atom is -0.315 e. The Morgan fingerprint density at radius 1 is 1.54 bits per heavy atom. The Bertz CT molecular complexity index is 289. The van der Waals surface area contributed by atoms with Crippen LogP contribution in [0.2, 0.25) is 0 Å². The molecule has 3 heteroatoms. The van der Waals surface area contributed by atoms with Gasteiger partial charge in [-0.15, -0.1) is 11.3 Å². The molecule has 13 heavy (non-hydrogen) atoms. The first kappa shape index (κ1) is 9.16. The van der Waals surface area contributed by atoms with Crippen LogP contribution in [0.15, 0.2) is 0 Å². The van der Waals surface area contributed by atoms with Gasteiger partial charge in [-0.25, -0.2) is 4.98 Å². The fraction of sp³-hybridized carbons (Fsp3) is 0.700. The average Bonchev–Trinajstić information content (AvgIpc) is 2.81. The minimum atomic E-state index is 0.952. The van der Waals surface area contributed by atoms with Crippen LogP contribution in [0, 0.1) is 12.8 Å². The molecule has 1 N–H and O–H groups in total. The van der Waals surface area contributed by atoms with Gasteiger partial charge in [0.15, 0.2) is 0 Å². The summed E-state index contributed by atoms with van der Waals surface area (Å²) < 4.78 is 0. The van der Waals surface area contributed by atoms with E-state index >= 15 is 0 Å². The van der Waals surface area contributed by atoms with Gasteiger partial charge in [0, 0.05) is 17.8 Å². The highest BCUT2D eigenvalue weighted by molar-refractivity contribution is 7.11. The molecule has 2 nitrogen and oxygen atoms in total. The second kappa shape index (κ2) is 3.76. The summed E-state index contributed by atoms with van der Waals surface area (Å²) in [5, 5.41) is 4.52. The highest BCUT2D eigenvalue weighted by atomic mass is 32.1. The molecule has 0 amide bonds. The third-order valence-electron chi connectivity index (χ3n) is 2.43. The van der Waals surface area contributed by atoms with Crippen molar-refractivity contribution in [2.24, 2.45) is 5.92 Å². The van der Waals surface area contributed by atoms with Crippen molar-refractivity contribution in [3.63, 3.8) is 0 Å². The van der Waals surface area contributed by atoms with E-state index in [9.17, 15) is 0 Å². The van der Waals surface area contributed by atoms with Crippen LogP contribution in [0.25, 0.3) is 0 Å². The lowest BCUT2D eigenvalue weighted by Gasteiger charge is -1.93. The van der Waals surface area contributed by atoms with Gasteiger partial charge in [0.05, 0.1) is 10.7 Å². The molecular weight excluding hydrogens is 180 g/mol. The average molecular weight is 196 g/mol. The van der Waals surface area contributed by atoms with Crippen LogP contribution in [0.3, 0.4) is 0 Å². The molecule has 0 radical (unpaired) electrons. The van der Waals surface area contributed by atoms with Crippen LogP contribution >= 0.6 is 11.3 Å². The smallest absolute Gasteiger partial charge is 0.0934 e. The Morgan fingerprint density at radius 3 is 2.92 bits per heavy atom. The Labute approximate surface area is 83.4 Å². The van der Waals surface area contributed by atoms with Crippen molar-refractivity contribution >= 4 is 11.3 Å². The van der Waals surface area contributed by atoms with Gasteiger partial charge in [0.25, 0.3) is 0 Å². The van der Waals surface area contributed by atoms with Crippen LogP contribution < -0.4 is 5.32 Å². The molecule has 1 fully saturated rings. The van der Waals surface area contributed by atoms with Gasteiger partial charge < -0.3 is 5.32 Å². The van der Waals surface area contributed by atoms with Crippen LogP contribution in [0.5, 0.6) is 0 Å². The molecule has 1 heterocycles. The summed E-state index contributed by atoms with van der Waals surface area (Å²) in [6, 6.07) is 0. The predicted octanol–water partition coefficient (Wildman–Crippen LogP) is 2.12. The molecule has 0 saturated heterocycles. The maximum Gasteiger partial charge on any atom is 0.0934 e. The van der Waals surface area contributed by atoms with Crippen molar-refractivity contribution in [1.82, 2.24) is 10.3 Å². The summed E-state index contributed by atoms with van der Waals surface area (Å²) in [5.41, 5.74) is 1.22. The molecule has 0 bridgehead atoms. The van der Waals surface area contributed by atoms with E-state index < -0.39 is 0 Å². The lowest BCUT2D eigenvalue weighted by molar-refractivity contribution is 0.812. The van der Waals surface area contributed by atoms with E-state index in [0.29, 0.717) is 0 Å². The summed E-state index contributed by atoms with van der Waals surface area (Å²) in [5.74, 6) is 0.952. The molecular formula is C10H16N2S. The van der Waals surface area contributed by atoms with Gasteiger partial charge in [-0.2, -0.15) is 0 Å². The highest BCUT2D eigenvalue weighted by Crippen LogP contribution is 2.34. The maximum atomic E-state index is 4.59. The fourth-order valence-electron chi connectivity index (χ4n) is 1.47. The molecule has 1 aromatic rings. The second-order valence-electron chi connectivity index (χ2n) is 3.79. The van der Waals surface area contributed by atoms with Crippen molar-refractivity contribution in [3.8, 4) is 0 Å². The normalized spacial score (nSPS) is 16.5. The SMILES string of the molecule is CNCc1sc(CC2CC2)nc1C. The largest absolute Gasteiger partial charge is 0.315 e. The molecule has 0 aromatic carbocycles. The quantitative estimate of drug-likeness (QED) is 0.798. The zero-order valence-electron chi connectivity index (χ0n) is 8.26. The first-order chi connectivity index (χ1) is 6.29. The zero-order valence-corrected chi connectivity index (χ0v) is 9.08. The van der Waals surface area contributed by atoms with Gasteiger partial charge in [0.2, 0.25) is 0 Å². The maximum absolute atomic E-state index is 4.59. The van der Waals surface area contributed by atoms with Crippen LogP contribution in [-0.4, -0.2) is 12.0 Å². The van der Waals surface area contributed by atoms with Gasteiger partial charge in [-0.1, -0.05) is 0 Å². The number of thiazole rings is 1. The minimum absolute atomic E-state index is 0.952. The first-order valence-electron chi connectivity index (χ1n) is 4.89. The van der Waals surface area contributed by atoms with E-state index in [2.05, 4.69) is 17.2 Å². The third kappa shape index (κ3) is 2.29. The van der Waals surface area contributed by atoms with Crippen LogP contribution in [0.4, 0.5) is 0 Å². The molecule has 0 unspecified atom stereocenters. The van der Waals surface area contributed by atoms with E-state index in [4.69, 9.17) is 0 Å². The summed E-state index contributed by atoms with van der Waals surface area (Å²) in [6.45, 7) is 3.08. The predicted molar refractivity (Wildman–Crippen MR) is 56.0 cm³/mol. The molecule has 0 atom stereocenters. The van der Waals surface area contributed by atoms with Gasteiger partial charge in [0.1, 0.15) is 0 Å². The fourth-order valence-corrected chi connectivity index (χ4v) is 2.66. The molecule has 1 aliphatic carbocycles. The molecule has 2 rings (SSSR count). The number of aromatic nitrogens is 1. The highest BCUT2D eigenvalue weighted by Gasteiger charge is 2.23. The Kier molecular flexibility index (Phi) is 2.65. The summed E-state index contributed by atoms with van der Waals surface area (Å²) in [7, 11) is 1.99. The number of nitrogens with zero attached hydrogens (tertiary/aromatic N) is 1. The number of aryl methyl sites for hydroxylation is 1. The molecule has 0 spiro atoms. The van der Waals surface area contributed by atoms with Crippen molar-refractivity contribution < 1.29 is 0 Å². The van der Waals surface area contributed by atoms with E-state index in [1.54, 1.807) is 0 Å². The van der Waals surface area contributed by atoms with Crippen molar-refractivity contribution in [2.75, 3.05) is 7.05 Å².